The number of carbonyl (C=O) groups excluding carboxylic acids is 2. The van der Waals surface area contributed by atoms with E-state index < -0.39 is 12.1 Å². The van der Waals surface area contributed by atoms with Crippen molar-refractivity contribution in [1.82, 2.24) is 0 Å². The molecule has 0 bridgehead atoms. The molecule has 1 saturated carbocycles. The second kappa shape index (κ2) is 6.53. The normalized spacial score (nSPS) is 19.6. The highest BCUT2D eigenvalue weighted by molar-refractivity contribution is 6.30. The van der Waals surface area contributed by atoms with Crippen LogP contribution in [0.4, 0.5) is 0 Å². The zero-order valence-corrected chi connectivity index (χ0v) is 11.2. The maximum Gasteiger partial charge on any atom is 0.331 e. The lowest BCUT2D eigenvalue weighted by molar-refractivity contribution is -0.152. The molecule has 0 N–H and O–H groups in total. The number of hydrogen-bond acceptors (Lipinski definition) is 3. The molecule has 1 aromatic carbocycles. The first-order valence-corrected chi connectivity index (χ1v) is 6.70. The number of carbonyl (C=O) groups is 2. The predicted molar refractivity (Wildman–Crippen MR) is 73.8 cm³/mol. The third kappa shape index (κ3) is 4.21. The summed E-state index contributed by atoms with van der Waals surface area (Å²) in [6.45, 7) is 0. The monoisotopic (exact) mass is 278 g/mol. The largest absolute Gasteiger partial charge is 0.451 e. The highest BCUT2D eigenvalue weighted by Gasteiger charge is 2.24. The maximum absolute atomic E-state index is 11.6. The smallest absolute Gasteiger partial charge is 0.331 e. The van der Waals surface area contributed by atoms with Crippen LogP contribution in [-0.4, -0.2) is 17.9 Å². The number of benzene rings is 1. The van der Waals surface area contributed by atoms with Crippen LogP contribution in [0, 0.1) is 0 Å². The van der Waals surface area contributed by atoms with E-state index in [1.807, 2.05) is 0 Å². The Bertz CT molecular complexity index is 491. The minimum Gasteiger partial charge on any atom is -0.451 e. The first-order valence-electron chi connectivity index (χ1n) is 6.32. The van der Waals surface area contributed by atoms with Crippen LogP contribution in [0.3, 0.4) is 0 Å². The number of halogens is 1. The van der Waals surface area contributed by atoms with Gasteiger partial charge in [0.15, 0.2) is 11.9 Å². The lowest BCUT2D eigenvalue weighted by Gasteiger charge is -2.19. The summed E-state index contributed by atoms with van der Waals surface area (Å²) in [4.78, 5) is 23.1. The van der Waals surface area contributed by atoms with E-state index in [0.29, 0.717) is 17.9 Å². The lowest BCUT2D eigenvalue weighted by Crippen LogP contribution is -2.29. The van der Waals surface area contributed by atoms with Crippen molar-refractivity contribution in [1.29, 1.82) is 0 Å². The highest BCUT2D eigenvalue weighted by atomic mass is 35.5. The summed E-state index contributed by atoms with van der Waals surface area (Å²) in [7, 11) is 0. The number of rotatable bonds is 3. The molecule has 0 amide bonds. The third-order valence-electron chi connectivity index (χ3n) is 3.04. The van der Waals surface area contributed by atoms with Gasteiger partial charge in [0.1, 0.15) is 0 Å². The van der Waals surface area contributed by atoms with Gasteiger partial charge in [-0.1, -0.05) is 23.7 Å². The summed E-state index contributed by atoms with van der Waals surface area (Å²) >= 11 is 5.77. The predicted octanol–water partition coefficient (Wildman–Crippen LogP) is 3.41. The van der Waals surface area contributed by atoms with Gasteiger partial charge in [0, 0.05) is 17.5 Å². The lowest BCUT2D eigenvalue weighted by atomic mass is 9.96. The van der Waals surface area contributed by atoms with Crippen molar-refractivity contribution in [3.05, 3.63) is 40.9 Å². The number of hydrogen-bond donors (Lipinski definition) is 0. The van der Waals surface area contributed by atoms with Gasteiger partial charge in [0.25, 0.3) is 0 Å². The van der Waals surface area contributed by atoms with Crippen LogP contribution in [-0.2, 0) is 14.3 Å². The second-order valence-electron chi connectivity index (χ2n) is 4.52. The molecule has 0 spiro atoms. The van der Waals surface area contributed by atoms with Gasteiger partial charge in [-0.3, -0.25) is 4.79 Å². The van der Waals surface area contributed by atoms with Gasteiger partial charge in [-0.25, -0.2) is 4.79 Å². The second-order valence-corrected chi connectivity index (χ2v) is 4.96. The summed E-state index contributed by atoms with van der Waals surface area (Å²) in [6.07, 6.45) is 5.41. The van der Waals surface area contributed by atoms with Gasteiger partial charge >= 0.3 is 5.97 Å². The first-order chi connectivity index (χ1) is 9.15. The molecule has 3 nitrogen and oxygen atoms in total. The van der Waals surface area contributed by atoms with Crippen molar-refractivity contribution in [3.8, 4) is 0 Å². The summed E-state index contributed by atoms with van der Waals surface area (Å²) in [6, 6.07) is 7.10. The van der Waals surface area contributed by atoms with Crippen LogP contribution in [0.25, 0.3) is 6.08 Å². The van der Waals surface area contributed by atoms with Gasteiger partial charge in [0.2, 0.25) is 0 Å². The molecule has 0 heterocycles. The molecular weight excluding hydrogens is 264 g/mol. The number of ether oxygens (including phenoxy) is 1. The molecule has 0 aliphatic heterocycles. The molecule has 0 aromatic heterocycles. The fourth-order valence-electron chi connectivity index (χ4n) is 1.99. The Morgan fingerprint density at radius 2 is 2.00 bits per heavy atom. The van der Waals surface area contributed by atoms with Gasteiger partial charge in [-0.05, 0) is 43.0 Å². The minimum absolute atomic E-state index is 0.0273. The van der Waals surface area contributed by atoms with Crippen LogP contribution < -0.4 is 0 Å². The van der Waals surface area contributed by atoms with Crippen LogP contribution in [0.15, 0.2) is 30.3 Å². The zero-order chi connectivity index (χ0) is 13.7. The van der Waals surface area contributed by atoms with Crippen molar-refractivity contribution < 1.29 is 14.3 Å². The van der Waals surface area contributed by atoms with Crippen molar-refractivity contribution in [2.45, 2.75) is 31.8 Å². The van der Waals surface area contributed by atoms with Gasteiger partial charge in [-0.15, -0.1) is 0 Å². The average Bonchev–Trinajstić information content (AvgIpc) is 2.41. The van der Waals surface area contributed by atoms with Crippen molar-refractivity contribution in [3.63, 3.8) is 0 Å². The van der Waals surface area contributed by atoms with Crippen LogP contribution >= 0.6 is 11.6 Å². The molecule has 4 heteroatoms. The van der Waals surface area contributed by atoms with E-state index in [0.717, 1.165) is 18.4 Å². The summed E-state index contributed by atoms with van der Waals surface area (Å²) < 4.78 is 5.15. The fourth-order valence-corrected chi connectivity index (χ4v) is 2.12. The number of Topliss-reactive ketones (excluding diaryl/α,β-unsaturated/α-hetero) is 1. The van der Waals surface area contributed by atoms with Crippen molar-refractivity contribution >= 4 is 29.4 Å². The Labute approximate surface area is 117 Å². The Hall–Kier alpha value is -1.61. The molecule has 0 radical (unpaired) electrons. The van der Waals surface area contributed by atoms with Gasteiger partial charge in [0.05, 0.1) is 0 Å². The van der Waals surface area contributed by atoms with Crippen LogP contribution in [0.2, 0.25) is 5.02 Å². The number of esters is 1. The standard InChI is InChI=1S/C15H15ClO3/c16-12-8-5-11(6-9-12)7-10-15(18)19-14-4-2-1-3-13(14)17/h5-10,14H,1-4H2/b10-7+/t14-/m1/s1. The highest BCUT2D eigenvalue weighted by Crippen LogP contribution is 2.18. The average molecular weight is 279 g/mol. The third-order valence-corrected chi connectivity index (χ3v) is 3.29. The van der Waals surface area contributed by atoms with E-state index in [9.17, 15) is 9.59 Å². The summed E-state index contributed by atoms with van der Waals surface area (Å²) in [5.41, 5.74) is 0.858. The molecule has 1 aliphatic carbocycles. The molecule has 19 heavy (non-hydrogen) atoms. The van der Waals surface area contributed by atoms with Gasteiger partial charge in [-0.2, -0.15) is 0 Å². The topological polar surface area (TPSA) is 43.4 Å². The van der Waals surface area contributed by atoms with Crippen molar-refractivity contribution in [2.24, 2.45) is 0 Å². The van der Waals surface area contributed by atoms with Gasteiger partial charge < -0.3 is 4.74 Å². The Morgan fingerprint density at radius 1 is 1.26 bits per heavy atom. The quantitative estimate of drug-likeness (QED) is 0.629. The molecule has 100 valence electrons. The molecule has 1 aromatic rings. The van der Waals surface area contributed by atoms with E-state index in [1.54, 1.807) is 30.3 Å². The van der Waals surface area contributed by atoms with E-state index >= 15 is 0 Å². The van der Waals surface area contributed by atoms with E-state index in [1.165, 1.54) is 6.08 Å². The van der Waals surface area contributed by atoms with E-state index in [-0.39, 0.29) is 5.78 Å². The Kier molecular flexibility index (Phi) is 4.74. The fraction of sp³-hybridized carbons (Fsp3) is 0.333. The van der Waals surface area contributed by atoms with E-state index in [4.69, 9.17) is 16.3 Å². The molecule has 0 unspecified atom stereocenters. The first kappa shape index (κ1) is 13.8. The molecule has 0 saturated heterocycles. The van der Waals surface area contributed by atoms with E-state index in [2.05, 4.69) is 0 Å². The van der Waals surface area contributed by atoms with Crippen LogP contribution in [0.1, 0.15) is 31.2 Å². The molecule has 1 fully saturated rings. The summed E-state index contributed by atoms with van der Waals surface area (Å²) in [5, 5.41) is 0.646. The molecule has 1 atom stereocenters. The van der Waals surface area contributed by atoms with Crippen molar-refractivity contribution in [2.75, 3.05) is 0 Å². The zero-order valence-electron chi connectivity index (χ0n) is 10.5. The Balaban J connectivity index is 1.90. The number of ketones is 1. The summed E-state index contributed by atoms with van der Waals surface area (Å²) in [5.74, 6) is -0.449. The van der Waals surface area contributed by atoms with Crippen LogP contribution in [0.5, 0.6) is 0 Å². The Morgan fingerprint density at radius 3 is 2.68 bits per heavy atom. The molecular formula is C15H15ClO3. The minimum atomic E-state index is -0.559. The molecule has 1 aliphatic rings. The SMILES string of the molecule is O=C(/C=C/c1ccc(Cl)cc1)O[C@@H]1CCCCC1=O. The molecule has 2 rings (SSSR count). The maximum atomic E-state index is 11.6.